The number of ether oxygens (including phenoxy) is 2. The number of carbonyl (C=O) groups is 1. The molecule has 1 saturated heterocycles. The number of hydrogen-bond acceptors (Lipinski definition) is 9. The van der Waals surface area contributed by atoms with Crippen LogP contribution in [0.2, 0.25) is 0 Å². The zero-order chi connectivity index (χ0) is 16.7. The summed E-state index contributed by atoms with van der Waals surface area (Å²) in [7, 11) is 0. The van der Waals surface area contributed by atoms with E-state index in [-0.39, 0.29) is 6.61 Å². The van der Waals surface area contributed by atoms with Crippen LogP contribution in [0.4, 0.5) is 0 Å². The van der Waals surface area contributed by atoms with E-state index in [1.54, 1.807) is 6.08 Å². The largest absolute Gasteiger partial charge is 0.394 e. The highest BCUT2D eigenvalue weighted by atomic mass is 32.2. The molecule has 1 aliphatic rings. The minimum Gasteiger partial charge on any atom is -0.394 e. The number of thiol groups is 3. The van der Waals surface area contributed by atoms with Crippen molar-refractivity contribution in [3.8, 4) is 0 Å². The quantitative estimate of drug-likeness (QED) is 0.362. The van der Waals surface area contributed by atoms with Crippen LogP contribution in [0, 0.1) is 0 Å². The highest BCUT2D eigenvalue weighted by molar-refractivity contribution is 8.05. The molecule has 0 radical (unpaired) electrons. The van der Waals surface area contributed by atoms with Gasteiger partial charge < -0.3 is 24.8 Å². The molecule has 0 aromatic rings. The first-order chi connectivity index (χ1) is 10.4. The molecule has 1 rings (SSSR count). The first-order valence-corrected chi connectivity index (χ1v) is 7.94. The molecule has 1 aliphatic heterocycles. The van der Waals surface area contributed by atoms with Crippen LogP contribution in [0.1, 0.15) is 12.8 Å². The minimum atomic E-state index is -1.59. The molecule has 0 bridgehead atoms. The predicted octanol–water partition coefficient (Wildman–Crippen LogP) is 0.306. The van der Waals surface area contributed by atoms with Crippen LogP contribution in [-0.2, 0) is 14.3 Å². The number of ketones is 1. The van der Waals surface area contributed by atoms with Gasteiger partial charge in [0.05, 0.1) is 13.2 Å². The Kier molecular flexibility index (Phi) is 9.10. The van der Waals surface area contributed by atoms with E-state index in [1.807, 2.05) is 6.08 Å². The van der Waals surface area contributed by atoms with Gasteiger partial charge in [-0.3, -0.25) is 4.79 Å². The van der Waals surface area contributed by atoms with E-state index in [2.05, 4.69) is 37.9 Å². The van der Waals surface area contributed by atoms with Crippen LogP contribution in [0.25, 0.3) is 0 Å². The lowest BCUT2D eigenvalue weighted by atomic mass is 10.0. The van der Waals surface area contributed by atoms with Crippen molar-refractivity contribution >= 4 is 43.7 Å². The number of hydrogen-bond donors (Lipinski definition) is 6. The first-order valence-electron chi connectivity index (χ1n) is 6.60. The molecule has 0 saturated carbocycles. The molecule has 126 valence electrons. The third-order valence-corrected chi connectivity index (χ3v) is 3.76. The van der Waals surface area contributed by atoms with Crippen LogP contribution >= 0.6 is 37.9 Å². The van der Waals surface area contributed by atoms with E-state index < -0.39 is 37.0 Å². The van der Waals surface area contributed by atoms with Crippen molar-refractivity contribution in [2.45, 2.75) is 37.4 Å². The number of carbonyl (C=O) groups excluding carboxylic acids is 1. The smallest absolute Gasteiger partial charge is 0.197 e. The van der Waals surface area contributed by atoms with Gasteiger partial charge >= 0.3 is 0 Å². The Hall–Kier alpha value is -0.000000000000000125. The lowest BCUT2D eigenvalue weighted by Crippen LogP contribution is -2.56. The molecule has 9 heteroatoms. The lowest BCUT2D eigenvalue weighted by molar-refractivity contribution is -0.252. The van der Waals surface area contributed by atoms with Crippen LogP contribution < -0.4 is 0 Å². The summed E-state index contributed by atoms with van der Waals surface area (Å²) < 4.78 is 11.0. The van der Waals surface area contributed by atoms with Crippen LogP contribution in [0.15, 0.2) is 21.3 Å². The maximum absolute atomic E-state index is 11.6. The minimum absolute atomic E-state index is 0.0698. The molecule has 0 amide bonds. The monoisotopic (exact) mass is 368 g/mol. The van der Waals surface area contributed by atoms with Gasteiger partial charge in [-0.25, -0.2) is 0 Å². The standard InChI is InChI=1S/C13H20O6S3/c14-6-8-10(15)11(16)12(17)13(19-8)18-5-4-7(20)2-1-3-9(21)22/h3-4,8,10,12-15,17,20-22H,1-2,5-6H2/b7-4-/t8-,10-,12-,13-/m1/s1. The summed E-state index contributed by atoms with van der Waals surface area (Å²) in [6, 6.07) is 0. The summed E-state index contributed by atoms with van der Waals surface area (Å²) in [6.07, 6.45) is -0.585. The SMILES string of the molecule is O=C1[C@@H](O)[C@H](OC/C=C(\S)CCC=C(S)S)O[C@H](CO)[C@H]1O. The zero-order valence-corrected chi connectivity index (χ0v) is 14.4. The number of aliphatic hydroxyl groups is 3. The molecule has 4 atom stereocenters. The normalized spacial score (nSPS) is 29.5. The van der Waals surface area contributed by atoms with E-state index in [0.29, 0.717) is 10.7 Å². The molecule has 6 nitrogen and oxygen atoms in total. The molecular formula is C13H20O6S3. The van der Waals surface area contributed by atoms with E-state index in [9.17, 15) is 15.0 Å². The first kappa shape index (κ1) is 20.0. The molecule has 0 aromatic carbocycles. The van der Waals surface area contributed by atoms with Crippen molar-refractivity contribution in [2.75, 3.05) is 13.2 Å². The van der Waals surface area contributed by atoms with Crippen molar-refractivity contribution in [3.05, 3.63) is 21.3 Å². The summed E-state index contributed by atoms with van der Waals surface area (Å²) in [5.41, 5.74) is 0. The molecule has 3 N–H and O–H groups in total. The number of rotatable bonds is 7. The number of Topliss-reactive ketones (excluding diaryl/α,β-unsaturated/α-hetero) is 1. The maximum atomic E-state index is 11.6. The molecule has 0 aliphatic carbocycles. The Morgan fingerprint density at radius 1 is 1.23 bits per heavy atom. The number of aliphatic hydroxyl groups excluding tert-OH is 3. The summed E-state index contributed by atoms with van der Waals surface area (Å²) in [5.74, 6) is -0.828. The molecule has 0 spiro atoms. The van der Waals surface area contributed by atoms with Crippen LogP contribution in [0.5, 0.6) is 0 Å². The molecule has 1 fully saturated rings. The van der Waals surface area contributed by atoms with Crippen molar-refractivity contribution in [1.82, 2.24) is 0 Å². The Balaban J connectivity index is 2.46. The predicted molar refractivity (Wildman–Crippen MR) is 91.1 cm³/mol. The topological polar surface area (TPSA) is 96.2 Å². The van der Waals surface area contributed by atoms with E-state index in [1.165, 1.54) is 0 Å². The highest BCUT2D eigenvalue weighted by Gasteiger charge is 2.43. The van der Waals surface area contributed by atoms with Gasteiger partial charge in [0.2, 0.25) is 0 Å². The molecule has 0 aromatic heterocycles. The number of allylic oxidation sites excluding steroid dienone is 2. The van der Waals surface area contributed by atoms with Gasteiger partial charge in [0.1, 0.15) is 12.2 Å². The average molecular weight is 368 g/mol. The summed E-state index contributed by atoms with van der Waals surface area (Å²) >= 11 is 12.3. The Morgan fingerprint density at radius 2 is 1.91 bits per heavy atom. The Morgan fingerprint density at radius 3 is 2.50 bits per heavy atom. The second-order valence-corrected chi connectivity index (χ2v) is 6.54. The van der Waals surface area contributed by atoms with Gasteiger partial charge in [0, 0.05) is 4.24 Å². The van der Waals surface area contributed by atoms with E-state index >= 15 is 0 Å². The molecule has 0 unspecified atom stereocenters. The van der Waals surface area contributed by atoms with Gasteiger partial charge in [0.25, 0.3) is 0 Å². The third-order valence-electron chi connectivity index (χ3n) is 2.99. The van der Waals surface area contributed by atoms with Crippen LogP contribution in [-0.4, -0.2) is 58.9 Å². The van der Waals surface area contributed by atoms with E-state index in [4.69, 9.17) is 14.6 Å². The average Bonchev–Trinajstić information content (AvgIpc) is 2.47. The Labute approximate surface area is 145 Å². The van der Waals surface area contributed by atoms with Crippen molar-refractivity contribution < 1.29 is 29.6 Å². The Bertz CT molecular complexity index is 435. The second-order valence-electron chi connectivity index (χ2n) is 4.65. The van der Waals surface area contributed by atoms with Gasteiger partial charge in [-0.2, -0.15) is 0 Å². The van der Waals surface area contributed by atoms with Crippen molar-refractivity contribution in [2.24, 2.45) is 0 Å². The molecule has 22 heavy (non-hydrogen) atoms. The van der Waals surface area contributed by atoms with Crippen LogP contribution in [0.3, 0.4) is 0 Å². The summed E-state index contributed by atoms with van der Waals surface area (Å²) in [5, 5.41) is 28.2. The van der Waals surface area contributed by atoms with Crippen molar-refractivity contribution in [1.29, 1.82) is 0 Å². The fourth-order valence-corrected chi connectivity index (χ4v) is 2.24. The maximum Gasteiger partial charge on any atom is 0.197 e. The third kappa shape index (κ3) is 6.25. The second kappa shape index (κ2) is 9.99. The summed E-state index contributed by atoms with van der Waals surface area (Å²) in [6.45, 7) is -0.477. The summed E-state index contributed by atoms with van der Waals surface area (Å²) in [4.78, 5) is 12.3. The van der Waals surface area contributed by atoms with Crippen molar-refractivity contribution in [3.63, 3.8) is 0 Å². The highest BCUT2D eigenvalue weighted by Crippen LogP contribution is 2.19. The fourth-order valence-electron chi connectivity index (χ4n) is 1.78. The van der Waals surface area contributed by atoms with Gasteiger partial charge in [-0.05, 0) is 23.8 Å². The molecular weight excluding hydrogens is 348 g/mol. The van der Waals surface area contributed by atoms with E-state index in [0.717, 1.165) is 11.3 Å². The lowest BCUT2D eigenvalue weighted by Gasteiger charge is -2.34. The van der Waals surface area contributed by atoms with Gasteiger partial charge in [0.15, 0.2) is 18.2 Å². The fraction of sp³-hybridized carbons (Fsp3) is 0.615. The van der Waals surface area contributed by atoms with Gasteiger partial charge in [-0.1, -0.05) is 6.08 Å². The van der Waals surface area contributed by atoms with Gasteiger partial charge in [-0.15, -0.1) is 37.9 Å². The molecule has 1 heterocycles. The zero-order valence-electron chi connectivity index (χ0n) is 11.7.